The van der Waals surface area contributed by atoms with Crippen LogP contribution in [0.4, 0.5) is 0 Å². The molecule has 0 aromatic rings. The Morgan fingerprint density at radius 1 is 1.31 bits per heavy atom. The number of rotatable bonds is 0. The third-order valence-corrected chi connectivity index (χ3v) is 4.34. The molecule has 2 bridgehead atoms. The molecule has 4 aliphatic heterocycles. The van der Waals surface area contributed by atoms with Gasteiger partial charge in [-0.15, -0.1) is 0 Å². The summed E-state index contributed by atoms with van der Waals surface area (Å²) >= 11 is 0. The van der Waals surface area contributed by atoms with Gasteiger partial charge in [0.15, 0.2) is 0 Å². The van der Waals surface area contributed by atoms with Gasteiger partial charge in [0.05, 0.1) is 12.7 Å². The van der Waals surface area contributed by atoms with Crippen LogP contribution < -0.4 is 0 Å². The number of hydrogen-bond acceptors (Lipinski definition) is 2. The molecular weight excluding hydrogens is 162 g/mol. The van der Waals surface area contributed by atoms with Crippen LogP contribution in [0.5, 0.6) is 0 Å². The van der Waals surface area contributed by atoms with Crippen LogP contribution in [0.2, 0.25) is 0 Å². The molecule has 0 saturated carbocycles. The molecule has 0 aromatic carbocycles. The van der Waals surface area contributed by atoms with Crippen LogP contribution in [0.25, 0.3) is 0 Å². The van der Waals surface area contributed by atoms with E-state index in [4.69, 9.17) is 4.74 Å². The smallest absolute Gasteiger partial charge is 0.0554 e. The van der Waals surface area contributed by atoms with Crippen molar-refractivity contribution < 1.29 is 4.74 Å². The van der Waals surface area contributed by atoms with Crippen LogP contribution >= 0.6 is 0 Å². The summed E-state index contributed by atoms with van der Waals surface area (Å²) in [6.07, 6.45) is 4.68. The fourth-order valence-corrected chi connectivity index (χ4v) is 3.67. The Bertz CT molecular complexity index is 210. The van der Waals surface area contributed by atoms with Crippen molar-refractivity contribution in [3.8, 4) is 0 Å². The molecule has 4 aliphatic rings. The Morgan fingerprint density at radius 3 is 2.54 bits per heavy atom. The molecule has 1 unspecified atom stereocenters. The van der Waals surface area contributed by atoms with E-state index in [0.717, 1.165) is 12.5 Å². The second-order valence-electron chi connectivity index (χ2n) is 5.24. The molecule has 4 rings (SSSR count). The first-order valence-corrected chi connectivity index (χ1v) is 5.62. The standard InChI is InChI=1S/C11H19NO/c1-9-6-11(8-13-9)7-12-4-2-10(11)3-5-12/h9-10H,2-8H2,1H3/t9-,11?/m0/s1. The SMILES string of the molecule is C[C@H]1CC2(CO1)CN1CCC2CC1. The first-order valence-electron chi connectivity index (χ1n) is 5.62. The predicted octanol–water partition coefficient (Wildman–Crippen LogP) is 1.51. The van der Waals surface area contributed by atoms with Gasteiger partial charge in [-0.05, 0) is 45.2 Å². The molecule has 0 amide bonds. The zero-order valence-electron chi connectivity index (χ0n) is 8.46. The summed E-state index contributed by atoms with van der Waals surface area (Å²) in [7, 11) is 0. The Morgan fingerprint density at radius 2 is 2.08 bits per heavy atom. The summed E-state index contributed by atoms with van der Waals surface area (Å²) in [6, 6.07) is 0. The van der Waals surface area contributed by atoms with Crippen LogP contribution in [0.1, 0.15) is 26.2 Å². The molecule has 2 atom stereocenters. The van der Waals surface area contributed by atoms with Crippen molar-refractivity contribution in [1.82, 2.24) is 4.90 Å². The molecule has 4 fully saturated rings. The van der Waals surface area contributed by atoms with Gasteiger partial charge in [-0.3, -0.25) is 0 Å². The Hall–Kier alpha value is -0.0800. The highest BCUT2D eigenvalue weighted by atomic mass is 16.5. The Kier molecular flexibility index (Phi) is 1.72. The van der Waals surface area contributed by atoms with E-state index in [2.05, 4.69) is 11.8 Å². The number of ether oxygens (including phenoxy) is 1. The maximum Gasteiger partial charge on any atom is 0.0554 e. The van der Waals surface area contributed by atoms with Crippen molar-refractivity contribution in [3.05, 3.63) is 0 Å². The molecule has 4 saturated heterocycles. The van der Waals surface area contributed by atoms with Crippen LogP contribution in [-0.2, 0) is 4.74 Å². The third-order valence-electron chi connectivity index (χ3n) is 4.34. The van der Waals surface area contributed by atoms with Crippen LogP contribution in [0, 0.1) is 11.3 Å². The minimum atomic E-state index is 0.514. The molecule has 13 heavy (non-hydrogen) atoms. The maximum atomic E-state index is 5.77. The normalized spacial score (nSPS) is 54.7. The molecule has 0 aromatic heterocycles. The summed E-state index contributed by atoms with van der Waals surface area (Å²) in [5.41, 5.74) is 0.565. The van der Waals surface area contributed by atoms with Gasteiger partial charge in [-0.1, -0.05) is 0 Å². The van der Waals surface area contributed by atoms with E-state index >= 15 is 0 Å². The van der Waals surface area contributed by atoms with Gasteiger partial charge < -0.3 is 9.64 Å². The number of hydrogen-bond donors (Lipinski definition) is 0. The lowest BCUT2D eigenvalue weighted by atomic mass is 9.65. The van der Waals surface area contributed by atoms with Gasteiger partial charge in [0.2, 0.25) is 0 Å². The van der Waals surface area contributed by atoms with Crippen molar-refractivity contribution in [2.24, 2.45) is 11.3 Å². The second kappa shape index (κ2) is 2.71. The highest BCUT2D eigenvalue weighted by molar-refractivity contribution is 5.00. The number of nitrogens with zero attached hydrogens (tertiary/aromatic N) is 1. The molecular formula is C11H19NO. The van der Waals surface area contributed by atoms with Gasteiger partial charge in [-0.25, -0.2) is 0 Å². The second-order valence-corrected chi connectivity index (χ2v) is 5.24. The maximum absolute atomic E-state index is 5.77. The topological polar surface area (TPSA) is 12.5 Å². The van der Waals surface area contributed by atoms with Crippen LogP contribution in [-0.4, -0.2) is 37.2 Å². The minimum absolute atomic E-state index is 0.514. The molecule has 0 radical (unpaired) electrons. The average molecular weight is 181 g/mol. The van der Waals surface area contributed by atoms with Crippen molar-refractivity contribution in [3.63, 3.8) is 0 Å². The summed E-state index contributed by atoms with van der Waals surface area (Å²) in [6.45, 7) is 7.28. The largest absolute Gasteiger partial charge is 0.378 e. The molecule has 2 nitrogen and oxygen atoms in total. The lowest BCUT2D eigenvalue weighted by Gasteiger charge is -2.51. The van der Waals surface area contributed by atoms with Crippen LogP contribution in [0.15, 0.2) is 0 Å². The fraction of sp³-hybridized carbons (Fsp3) is 1.00. The van der Waals surface area contributed by atoms with Crippen molar-refractivity contribution in [2.45, 2.75) is 32.3 Å². The number of piperidine rings is 3. The summed E-state index contributed by atoms with van der Waals surface area (Å²) < 4.78 is 5.77. The lowest BCUT2D eigenvalue weighted by molar-refractivity contribution is -0.0338. The Labute approximate surface area is 80.2 Å². The summed E-state index contributed by atoms with van der Waals surface area (Å²) in [5.74, 6) is 0.974. The van der Waals surface area contributed by atoms with Crippen molar-refractivity contribution in [1.29, 1.82) is 0 Å². The zero-order valence-corrected chi connectivity index (χ0v) is 8.46. The molecule has 1 spiro atoms. The van der Waals surface area contributed by atoms with Gasteiger partial charge >= 0.3 is 0 Å². The molecule has 4 heterocycles. The van der Waals surface area contributed by atoms with Gasteiger partial charge in [0, 0.05) is 12.0 Å². The average Bonchev–Trinajstić information content (AvgIpc) is 2.49. The predicted molar refractivity (Wildman–Crippen MR) is 51.6 cm³/mol. The van der Waals surface area contributed by atoms with Crippen molar-refractivity contribution >= 4 is 0 Å². The first-order chi connectivity index (χ1) is 6.28. The zero-order chi connectivity index (χ0) is 8.89. The monoisotopic (exact) mass is 181 g/mol. The van der Waals surface area contributed by atoms with E-state index in [1.165, 1.54) is 38.9 Å². The van der Waals surface area contributed by atoms with E-state index in [9.17, 15) is 0 Å². The quantitative estimate of drug-likeness (QED) is 0.561. The highest BCUT2D eigenvalue weighted by Crippen LogP contribution is 2.48. The molecule has 0 N–H and O–H groups in total. The highest BCUT2D eigenvalue weighted by Gasteiger charge is 2.50. The van der Waals surface area contributed by atoms with Crippen molar-refractivity contribution in [2.75, 3.05) is 26.2 Å². The Balaban J connectivity index is 1.83. The van der Waals surface area contributed by atoms with E-state index in [0.29, 0.717) is 11.5 Å². The van der Waals surface area contributed by atoms with Gasteiger partial charge in [0.25, 0.3) is 0 Å². The minimum Gasteiger partial charge on any atom is -0.378 e. The number of fused-ring (bicyclic) bond motifs is 2. The van der Waals surface area contributed by atoms with E-state index < -0.39 is 0 Å². The third kappa shape index (κ3) is 1.15. The molecule has 2 heteroatoms. The first kappa shape index (κ1) is 8.25. The molecule has 74 valence electrons. The van der Waals surface area contributed by atoms with Crippen LogP contribution in [0.3, 0.4) is 0 Å². The fourth-order valence-electron chi connectivity index (χ4n) is 3.67. The van der Waals surface area contributed by atoms with Gasteiger partial charge in [-0.2, -0.15) is 0 Å². The summed E-state index contributed by atoms with van der Waals surface area (Å²) in [4.78, 5) is 2.64. The van der Waals surface area contributed by atoms with Gasteiger partial charge in [0.1, 0.15) is 0 Å². The summed E-state index contributed by atoms with van der Waals surface area (Å²) in [5, 5.41) is 0. The van der Waals surface area contributed by atoms with E-state index in [1.807, 2.05) is 0 Å². The van der Waals surface area contributed by atoms with E-state index in [-0.39, 0.29) is 0 Å². The van der Waals surface area contributed by atoms with E-state index in [1.54, 1.807) is 0 Å². The molecule has 0 aliphatic carbocycles. The lowest BCUT2D eigenvalue weighted by Crippen LogP contribution is -2.55.